The van der Waals surface area contributed by atoms with Crippen LogP contribution >= 0.6 is 0 Å². The summed E-state index contributed by atoms with van der Waals surface area (Å²) < 4.78 is 0. The number of anilines is 4. The first-order chi connectivity index (χ1) is 9.11. The minimum atomic E-state index is 0.474. The Morgan fingerprint density at radius 1 is 1.11 bits per heavy atom. The first-order valence-corrected chi connectivity index (χ1v) is 5.95. The zero-order valence-corrected chi connectivity index (χ0v) is 11.0. The number of nitriles is 1. The number of hydrogen-bond acceptors (Lipinski definition) is 4. The molecule has 4 heteroatoms. The Hall–Kier alpha value is -2.67. The molecule has 0 fully saturated rings. The Kier molecular flexibility index (Phi) is 3.58. The van der Waals surface area contributed by atoms with E-state index in [9.17, 15) is 0 Å². The summed E-state index contributed by atoms with van der Waals surface area (Å²) in [6.07, 6.45) is 0. The quantitative estimate of drug-likeness (QED) is 0.824. The van der Waals surface area contributed by atoms with Crippen LogP contribution < -0.4 is 16.0 Å². The fourth-order valence-corrected chi connectivity index (χ4v) is 1.77. The van der Waals surface area contributed by atoms with Crippen LogP contribution in [0.1, 0.15) is 5.56 Å². The third-order valence-electron chi connectivity index (χ3n) is 2.89. The van der Waals surface area contributed by atoms with Gasteiger partial charge < -0.3 is 16.0 Å². The van der Waals surface area contributed by atoms with Crippen LogP contribution in [0.4, 0.5) is 22.7 Å². The zero-order valence-electron chi connectivity index (χ0n) is 11.0. The highest BCUT2D eigenvalue weighted by molar-refractivity contribution is 5.77. The van der Waals surface area contributed by atoms with Gasteiger partial charge in [0, 0.05) is 25.5 Å². The van der Waals surface area contributed by atoms with Crippen molar-refractivity contribution >= 4 is 22.7 Å². The lowest BCUT2D eigenvalue weighted by Gasteiger charge is -2.14. The number of hydrogen-bond donors (Lipinski definition) is 2. The lowest BCUT2D eigenvalue weighted by Crippen LogP contribution is -2.08. The number of nitrogen functional groups attached to an aromatic ring is 1. The van der Waals surface area contributed by atoms with Crippen molar-refractivity contribution < 1.29 is 0 Å². The van der Waals surface area contributed by atoms with Crippen molar-refractivity contribution in [3.05, 3.63) is 48.0 Å². The molecule has 0 saturated carbocycles. The molecule has 0 bridgehead atoms. The Balaban J connectivity index is 2.24. The highest BCUT2D eigenvalue weighted by Gasteiger charge is 2.04. The molecule has 0 saturated heterocycles. The Bertz CT molecular complexity index is 609. The van der Waals surface area contributed by atoms with Gasteiger partial charge in [0.15, 0.2) is 0 Å². The van der Waals surface area contributed by atoms with Crippen molar-refractivity contribution in [2.75, 3.05) is 30.0 Å². The summed E-state index contributed by atoms with van der Waals surface area (Å²) in [4.78, 5) is 2.04. The molecule has 4 nitrogen and oxygen atoms in total. The zero-order chi connectivity index (χ0) is 13.8. The average Bonchev–Trinajstić information content (AvgIpc) is 2.42. The number of para-hydroxylation sites is 1. The fraction of sp³-hybridized carbons (Fsp3) is 0.133. The van der Waals surface area contributed by atoms with Crippen molar-refractivity contribution in [3.8, 4) is 6.07 Å². The molecule has 2 aromatic carbocycles. The summed E-state index contributed by atoms with van der Waals surface area (Å²) in [5.74, 6) is 0. The molecule has 0 amide bonds. The van der Waals surface area contributed by atoms with Crippen LogP contribution in [-0.2, 0) is 0 Å². The van der Waals surface area contributed by atoms with E-state index in [1.165, 1.54) is 0 Å². The van der Waals surface area contributed by atoms with E-state index in [1.54, 1.807) is 6.07 Å². The molecule has 3 N–H and O–H groups in total. The van der Waals surface area contributed by atoms with E-state index in [1.807, 2.05) is 55.4 Å². The molecule has 0 aliphatic rings. The number of nitrogens with two attached hydrogens (primary N) is 1. The van der Waals surface area contributed by atoms with Gasteiger partial charge in [-0.15, -0.1) is 0 Å². The summed E-state index contributed by atoms with van der Waals surface area (Å²) >= 11 is 0. The van der Waals surface area contributed by atoms with Gasteiger partial charge in [0.05, 0.1) is 16.9 Å². The molecule has 0 radical (unpaired) electrons. The van der Waals surface area contributed by atoms with Gasteiger partial charge in [-0.2, -0.15) is 5.26 Å². The van der Waals surface area contributed by atoms with Crippen molar-refractivity contribution in [2.24, 2.45) is 0 Å². The van der Waals surface area contributed by atoms with E-state index in [4.69, 9.17) is 11.0 Å². The van der Waals surface area contributed by atoms with Gasteiger partial charge >= 0.3 is 0 Å². The molecule has 96 valence electrons. The second-order valence-electron chi connectivity index (χ2n) is 4.44. The van der Waals surface area contributed by atoms with Crippen LogP contribution in [0.25, 0.3) is 0 Å². The molecule has 0 heterocycles. The van der Waals surface area contributed by atoms with Crippen LogP contribution in [0, 0.1) is 11.3 Å². The highest BCUT2D eigenvalue weighted by atomic mass is 15.1. The second-order valence-corrected chi connectivity index (χ2v) is 4.44. The highest BCUT2D eigenvalue weighted by Crippen LogP contribution is 2.26. The fourth-order valence-electron chi connectivity index (χ4n) is 1.77. The van der Waals surface area contributed by atoms with E-state index in [2.05, 4.69) is 11.4 Å². The van der Waals surface area contributed by atoms with Gasteiger partial charge in [0.2, 0.25) is 0 Å². The van der Waals surface area contributed by atoms with Crippen LogP contribution in [0.2, 0.25) is 0 Å². The van der Waals surface area contributed by atoms with E-state index >= 15 is 0 Å². The maximum absolute atomic E-state index is 8.94. The summed E-state index contributed by atoms with van der Waals surface area (Å²) in [5, 5.41) is 12.2. The van der Waals surface area contributed by atoms with Gasteiger partial charge in [-0.3, -0.25) is 0 Å². The monoisotopic (exact) mass is 252 g/mol. The Morgan fingerprint density at radius 3 is 2.37 bits per heavy atom. The number of nitrogens with zero attached hydrogens (tertiary/aromatic N) is 2. The first-order valence-electron chi connectivity index (χ1n) is 5.95. The van der Waals surface area contributed by atoms with Gasteiger partial charge in [-0.25, -0.2) is 0 Å². The molecular formula is C15H16N4. The SMILES string of the molecule is CN(C)c1ccc(Nc2cccc(C#N)c2N)cc1. The topological polar surface area (TPSA) is 65.1 Å². The normalized spacial score (nSPS) is 9.74. The predicted molar refractivity (Wildman–Crippen MR) is 79.6 cm³/mol. The number of nitrogens with one attached hydrogen (secondary N) is 1. The summed E-state index contributed by atoms with van der Waals surface area (Å²) in [6, 6.07) is 15.4. The molecule has 2 rings (SSSR count). The van der Waals surface area contributed by atoms with Crippen molar-refractivity contribution in [3.63, 3.8) is 0 Å². The van der Waals surface area contributed by atoms with Crippen LogP contribution in [0.3, 0.4) is 0 Å². The average molecular weight is 252 g/mol. The van der Waals surface area contributed by atoms with Gasteiger partial charge in [0.1, 0.15) is 6.07 Å². The molecule has 0 atom stereocenters. The molecule has 0 aliphatic carbocycles. The first kappa shape index (κ1) is 12.8. The maximum atomic E-state index is 8.94. The van der Waals surface area contributed by atoms with Gasteiger partial charge in [-0.05, 0) is 36.4 Å². The van der Waals surface area contributed by atoms with Crippen molar-refractivity contribution in [1.29, 1.82) is 5.26 Å². The summed E-state index contributed by atoms with van der Waals surface area (Å²) in [6.45, 7) is 0. The lowest BCUT2D eigenvalue weighted by molar-refractivity contribution is 1.13. The van der Waals surface area contributed by atoms with E-state index in [-0.39, 0.29) is 0 Å². The number of rotatable bonds is 3. The molecule has 0 aliphatic heterocycles. The summed E-state index contributed by atoms with van der Waals surface area (Å²) in [5.41, 5.74) is 9.70. The standard InChI is InChI=1S/C15H16N4/c1-19(2)13-8-6-12(7-9-13)18-14-5-3-4-11(10-16)15(14)17/h3-9,18H,17H2,1-2H3. The van der Waals surface area contributed by atoms with Crippen molar-refractivity contribution in [2.45, 2.75) is 0 Å². The third-order valence-corrected chi connectivity index (χ3v) is 2.89. The van der Waals surface area contributed by atoms with Crippen molar-refractivity contribution in [1.82, 2.24) is 0 Å². The van der Waals surface area contributed by atoms with Crippen LogP contribution in [0.15, 0.2) is 42.5 Å². The predicted octanol–water partition coefficient (Wildman–Crippen LogP) is 2.95. The third kappa shape index (κ3) is 2.78. The molecule has 19 heavy (non-hydrogen) atoms. The van der Waals surface area contributed by atoms with Gasteiger partial charge in [-0.1, -0.05) is 6.07 Å². The van der Waals surface area contributed by atoms with Crippen LogP contribution in [0.5, 0.6) is 0 Å². The van der Waals surface area contributed by atoms with Gasteiger partial charge in [0.25, 0.3) is 0 Å². The van der Waals surface area contributed by atoms with E-state index in [0.29, 0.717) is 11.3 Å². The molecule has 0 unspecified atom stereocenters. The Labute approximate surface area is 113 Å². The largest absolute Gasteiger partial charge is 0.396 e. The lowest BCUT2D eigenvalue weighted by atomic mass is 10.1. The second kappa shape index (κ2) is 5.32. The summed E-state index contributed by atoms with van der Waals surface area (Å²) in [7, 11) is 3.99. The minimum Gasteiger partial charge on any atom is -0.396 e. The van der Waals surface area contributed by atoms with E-state index in [0.717, 1.165) is 17.1 Å². The molecule has 0 spiro atoms. The smallest absolute Gasteiger partial charge is 0.101 e. The minimum absolute atomic E-state index is 0.474. The van der Waals surface area contributed by atoms with Crippen LogP contribution in [-0.4, -0.2) is 14.1 Å². The Morgan fingerprint density at radius 2 is 1.79 bits per heavy atom. The molecular weight excluding hydrogens is 236 g/mol. The van der Waals surface area contributed by atoms with E-state index < -0.39 is 0 Å². The molecule has 0 aromatic heterocycles. The number of benzene rings is 2. The maximum Gasteiger partial charge on any atom is 0.101 e. The molecule has 2 aromatic rings.